The van der Waals surface area contributed by atoms with Crippen LogP contribution in [0, 0.1) is 0 Å². The first kappa shape index (κ1) is 18.0. The quantitative estimate of drug-likeness (QED) is 0.877. The molecule has 0 saturated carbocycles. The average molecular weight is 319 g/mol. The molecule has 0 radical (unpaired) electrons. The third-order valence-electron chi connectivity index (χ3n) is 4.32. The predicted molar refractivity (Wildman–Crippen MR) is 91.6 cm³/mol. The summed E-state index contributed by atoms with van der Waals surface area (Å²) in [5.41, 5.74) is 1.19. The van der Waals surface area contributed by atoms with Crippen molar-refractivity contribution < 1.29 is 14.6 Å². The monoisotopic (exact) mass is 319 g/mol. The molecule has 1 amide bonds. The summed E-state index contributed by atoms with van der Waals surface area (Å²) in [6.07, 6.45) is 5.03. The molecule has 0 bridgehead atoms. The lowest BCUT2D eigenvalue weighted by atomic mass is 9.98. The third kappa shape index (κ3) is 5.96. The minimum atomic E-state index is -0.658. The molecule has 1 atom stereocenters. The molecular formula is C19H29NO3. The van der Waals surface area contributed by atoms with Crippen LogP contribution in [0.15, 0.2) is 24.3 Å². The van der Waals surface area contributed by atoms with Crippen molar-refractivity contribution in [2.75, 3.05) is 20.2 Å². The molecule has 1 aromatic rings. The normalized spacial score (nSPS) is 18.7. The third-order valence-corrected chi connectivity index (χ3v) is 4.32. The number of carbonyl (C=O) groups excluding carboxylic acids is 1. The zero-order valence-electron chi connectivity index (χ0n) is 14.5. The van der Waals surface area contributed by atoms with Gasteiger partial charge in [0.2, 0.25) is 0 Å². The van der Waals surface area contributed by atoms with E-state index < -0.39 is 5.60 Å². The van der Waals surface area contributed by atoms with Gasteiger partial charge in [-0.05, 0) is 63.6 Å². The highest BCUT2D eigenvalue weighted by atomic mass is 16.5. The Bertz CT molecular complexity index is 498. The van der Waals surface area contributed by atoms with E-state index in [1.807, 2.05) is 45.2 Å². The second-order valence-corrected chi connectivity index (χ2v) is 7.18. The predicted octanol–water partition coefficient (Wildman–Crippen LogP) is 3.03. The van der Waals surface area contributed by atoms with Crippen LogP contribution in [0.2, 0.25) is 0 Å². The molecule has 23 heavy (non-hydrogen) atoms. The highest BCUT2D eigenvalue weighted by Crippen LogP contribution is 2.16. The van der Waals surface area contributed by atoms with Gasteiger partial charge >= 0.3 is 0 Å². The molecule has 1 aliphatic heterocycles. The van der Waals surface area contributed by atoms with Crippen LogP contribution in [0.5, 0.6) is 0 Å². The van der Waals surface area contributed by atoms with Gasteiger partial charge in [-0.15, -0.1) is 0 Å². The van der Waals surface area contributed by atoms with Crippen LogP contribution >= 0.6 is 0 Å². The number of hydrogen-bond acceptors (Lipinski definition) is 3. The molecule has 0 aliphatic carbocycles. The molecule has 1 fully saturated rings. The van der Waals surface area contributed by atoms with Gasteiger partial charge in [-0.25, -0.2) is 0 Å². The zero-order chi connectivity index (χ0) is 16.9. The molecule has 0 unspecified atom stereocenters. The fraction of sp³-hybridized carbons (Fsp3) is 0.632. The molecule has 1 aromatic carbocycles. The van der Waals surface area contributed by atoms with Crippen molar-refractivity contribution in [3.05, 3.63) is 35.4 Å². The first-order valence-corrected chi connectivity index (χ1v) is 8.53. The Labute approximate surface area is 139 Å². The Kier molecular flexibility index (Phi) is 6.19. The average Bonchev–Trinajstić information content (AvgIpc) is 2.53. The van der Waals surface area contributed by atoms with Gasteiger partial charge in [0.1, 0.15) is 0 Å². The van der Waals surface area contributed by atoms with Gasteiger partial charge in [0.05, 0.1) is 11.7 Å². The maximum atomic E-state index is 12.5. The highest BCUT2D eigenvalue weighted by molar-refractivity contribution is 5.94. The van der Waals surface area contributed by atoms with Gasteiger partial charge in [-0.2, -0.15) is 0 Å². The summed E-state index contributed by atoms with van der Waals surface area (Å²) in [4.78, 5) is 14.2. The summed E-state index contributed by atoms with van der Waals surface area (Å²) in [5.74, 6) is 0.0354. The summed E-state index contributed by atoms with van der Waals surface area (Å²) in [6.45, 7) is 5.09. The van der Waals surface area contributed by atoms with Crippen LogP contribution in [0.3, 0.4) is 0 Å². The van der Waals surface area contributed by atoms with E-state index in [-0.39, 0.29) is 12.0 Å². The molecule has 1 heterocycles. The summed E-state index contributed by atoms with van der Waals surface area (Å²) < 4.78 is 5.70. The van der Waals surface area contributed by atoms with Crippen LogP contribution in [-0.4, -0.2) is 47.8 Å². The van der Waals surface area contributed by atoms with Gasteiger partial charge in [0.15, 0.2) is 0 Å². The van der Waals surface area contributed by atoms with Gasteiger partial charge < -0.3 is 14.7 Å². The van der Waals surface area contributed by atoms with Crippen molar-refractivity contribution in [3.8, 4) is 0 Å². The number of carbonyl (C=O) groups is 1. The van der Waals surface area contributed by atoms with Crippen molar-refractivity contribution in [2.24, 2.45) is 0 Å². The van der Waals surface area contributed by atoms with Crippen LogP contribution in [0.25, 0.3) is 0 Å². The van der Waals surface area contributed by atoms with E-state index in [1.54, 1.807) is 4.90 Å². The Morgan fingerprint density at radius 2 is 2.00 bits per heavy atom. The molecule has 1 aliphatic rings. The van der Waals surface area contributed by atoms with E-state index in [4.69, 9.17) is 4.74 Å². The molecule has 0 spiro atoms. The van der Waals surface area contributed by atoms with Crippen molar-refractivity contribution in [2.45, 2.75) is 57.7 Å². The smallest absolute Gasteiger partial charge is 0.253 e. The van der Waals surface area contributed by atoms with Gasteiger partial charge in [-0.3, -0.25) is 4.79 Å². The first-order chi connectivity index (χ1) is 10.8. The number of nitrogens with zero attached hydrogens (tertiary/aromatic N) is 1. The summed E-state index contributed by atoms with van der Waals surface area (Å²) in [5, 5.41) is 9.78. The SMILES string of the molecule is CN(C[C@@H]1CCCCO1)C(=O)c1ccc(CCC(C)(C)O)cc1. The minimum absolute atomic E-state index is 0.0354. The lowest BCUT2D eigenvalue weighted by molar-refractivity contribution is -0.000187. The molecule has 4 heteroatoms. The number of aryl methyl sites for hydroxylation is 1. The van der Waals surface area contributed by atoms with Crippen molar-refractivity contribution >= 4 is 5.91 Å². The number of hydrogen-bond donors (Lipinski definition) is 1. The molecule has 1 saturated heterocycles. The zero-order valence-corrected chi connectivity index (χ0v) is 14.5. The molecule has 0 aromatic heterocycles. The standard InChI is InChI=1S/C19H29NO3/c1-19(2,22)12-11-15-7-9-16(10-8-15)18(21)20(3)14-17-6-4-5-13-23-17/h7-10,17,22H,4-6,11-14H2,1-3H3/t17-/m0/s1. The van der Waals surface area contributed by atoms with Crippen LogP contribution in [-0.2, 0) is 11.2 Å². The van der Waals surface area contributed by atoms with Crippen molar-refractivity contribution in [1.29, 1.82) is 0 Å². The van der Waals surface area contributed by atoms with E-state index in [9.17, 15) is 9.90 Å². The van der Waals surface area contributed by atoms with Crippen molar-refractivity contribution in [3.63, 3.8) is 0 Å². The van der Waals surface area contributed by atoms with E-state index in [0.29, 0.717) is 18.5 Å². The van der Waals surface area contributed by atoms with E-state index in [2.05, 4.69) is 0 Å². The van der Waals surface area contributed by atoms with Crippen LogP contribution < -0.4 is 0 Å². The van der Waals surface area contributed by atoms with Gasteiger partial charge in [-0.1, -0.05) is 12.1 Å². The fourth-order valence-corrected chi connectivity index (χ4v) is 2.82. The minimum Gasteiger partial charge on any atom is -0.390 e. The number of rotatable bonds is 6. The Morgan fingerprint density at radius 3 is 2.57 bits per heavy atom. The summed E-state index contributed by atoms with van der Waals surface area (Å²) in [6, 6.07) is 7.70. The summed E-state index contributed by atoms with van der Waals surface area (Å²) in [7, 11) is 1.84. The molecular weight excluding hydrogens is 290 g/mol. The fourth-order valence-electron chi connectivity index (χ4n) is 2.82. The maximum absolute atomic E-state index is 12.5. The Morgan fingerprint density at radius 1 is 1.30 bits per heavy atom. The highest BCUT2D eigenvalue weighted by Gasteiger charge is 2.19. The molecule has 128 valence electrons. The summed E-state index contributed by atoms with van der Waals surface area (Å²) >= 11 is 0. The van der Waals surface area contributed by atoms with Gasteiger partial charge in [0, 0.05) is 25.8 Å². The Balaban J connectivity index is 1.88. The van der Waals surface area contributed by atoms with E-state index in [0.717, 1.165) is 31.4 Å². The van der Waals surface area contributed by atoms with Crippen molar-refractivity contribution in [1.82, 2.24) is 4.90 Å². The number of ether oxygens (including phenoxy) is 1. The number of benzene rings is 1. The van der Waals surface area contributed by atoms with E-state index >= 15 is 0 Å². The second-order valence-electron chi connectivity index (χ2n) is 7.18. The number of amides is 1. The van der Waals surface area contributed by atoms with Gasteiger partial charge in [0.25, 0.3) is 5.91 Å². The Hall–Kier alpha value is -1.39. The molecule has 4 nitrogen and oxygen atoms in total. The van der Waals surface area contributed by atoms with Crippen LogP contribution in [0.4, 0.5) is 0 Å². The first-order valence-electron chi connectivity index (χ1n) is 8.53. The van der Waals surface area contributed by atoms with E-state index in [1.165, 1.54) is 6.42 Å². The molecule has 2 rings (SSSR count). The maximum Gasteiger partial charge on any atom is 0.253 e. The molecule has 1 N–H and O–H groups in total. The topological polar surface area (TPSA) is 49.8 Å². The van der Waals surface area contributed by atoms with Crippen LogP contribution in [0.1, 0.15) is 55.5 Å². The largest absolute Gasteiger partial charge is 0.390 e. The lowest BCUT2D eigenvalue weighted by Gasteiger charge is -2.27. The number of aliphatic hydroxyl groups is 1. The number of likely N-dealkylation sites (N-methyl/N-ethyl adjacent to an activating group) is 1. The lowest BCUT2D eigenvalue weighted by Crippen LogP contribution is -2.37. The second kappa shape index (κ2) is 7.93.